The van der Waals surface area contributed by atoms with Gasteiger partial charge in [0, 0.05) is 27.7 Å². The van der Waals surface area contributed by atoms with Gasteiger partial charge in [-0.15, -0.1) is 0 Å². The van der Waals surface area contributed by atoms with Gasteiger partial charge in [0.2, 0.25) is 0 Å². The van der Waals surface area contributed by atoms with Crippen LogP contribution in [0.25, 0.3) is 11.0 Å². The van der Waals surface area contributed by atoms with Crippen LogP contribution in [0.4, 0.5) is 5.69 Å². The topological polar surface area (TPSA) is 25.2 Å². The second-order valence-electron chi connectivity index (χ2n) is 4.62. The molecule has 1 heterocycles. The highest BCUT2D eigenvalue weighted by Crippen LogP contribution is 2.31. The van der Waals surface area contributed by atoms with E-state index in [1.165, 1.54) is 5.56 Å². The Morgan fingerprint density at radius 3 is 2.80 bits per heavy atom. The summed E-state index contributed by atoms with van der Waals surface area (Å²) in [6, 6.07) is 14.0. The third-order valence-corrected chi connectivity index (χ3v) is 4.54. The summed E-state index contributed by atoms with van der Waals surface area (Å²) in [6.07, 6.45) is 0. The maximum atomic E-state index is 6.19. The molecule has 0 saturated carbocycles. The van der Waals surface area contributed by atoms with Gasteiger partial charge in [-0.1, -0.05) is 40.2 Å². The predicted octanol–water partition coefficient (Wildman–Crippen LogP) is 5.77. The molecule has 1 aromatic heterocycles. The Hall–Kier alpha value is -1.45. The molecule has 0 bridgehead atoms. The van der Waals surface area contributed by atoms with E-state index in [1.807, 2.05) is 36.4 Å². The highest BCUT2D eigenvalue weighted by atomic mass is 79.9. The van der Waals surface area contributed by atoms with Crippen molar-refractivity contribution in [1.82, 2.24) is 0 Å². The Bertz CT molecular complexity index is 766. The van der Waals surface area contributed by atoms with Crippen molar-refractivity contribution in [3.63, 3.8) is 0 Å². The molecule has 0 aliphatic heterocycles. The minimum Gasteiger partial charge on any atom is -0.444 e. The Balaban J connectivity index is 1.90. The number of furan rings is 1. The zero-order valence-electron chi connectivity index (χ0n) is 10.9. The lowest BCUT2D eigenvalue weighted by atomic mass is 10.1. The summed E-state index contributed by atoms with van der Waals surface area (Å²) < 4.78 is 6.65. The van der Waals surface area contributed by atoms with Gasteiger partial charge in [-0.25, -0.2) is 0 Å². The fourth-order valence-corrected chi connectivity index (χ4v) is 2.83. The van der Waals surface area contributed by atoms with Crippen molar-refractivity contribution in [3.05, 3.63) is 63.3 Å². The van der Waals surface area contributed by atoms with E-state index in [4.69, 9.17) is 16.0 Å². The van der Waals surface area contributed by atoms with Gasteiger partial charge in [0.15, 0.2) is 5.22 Å². The van der Waals surface area contributed by atoms with Crippen LogP contribution in [0.1, 0.15) is 11.1 Å². The summed E-state index contributed by atoms with van der Waals surface area (Å²) in [5.41, 5.74) is 4.07. The van der Waals surface area contributed by atoms with Crippen molar-refractivity contribution in [3.8, 4) is 0 Å². The van der Waals surface area contributed by atoms with Crippen LogP contribution >= 0.6 is 27.5 Å². The van der Waals surface area contributed by atoms with E-state index in [0.717, 1.165) is 26.7 Å². The Labute approximate surface area is 130 Å². The number of nitrogens with one attached hydrogen (secondary N) is 1. The van der Waals surface area contributed by atoms with Crippen molar-refractivity contribution >= 4 is 44.2 Å². The molecule has 20 heavy (non-hydrogen) atoms. The molecule has 0 atom stereocenters. The third-order valence-electron chi connectivity index (χ3n) is 3.37. The van der Waals surface area contributed by atoms with Crippen molar-refractivity contribution in [2.24, 2.45) is 0 Å². The average molecular weight is 351 g/mol. The summed E-state index contributed by atoms with van der Waals surface area (Å²) in [6.45, 7) is 2.70. The van der Waals surface area contributed by atoms with Crippen molar-refractivity contribution in [2.45, 2.75) is 13.5 Å². The van der Waals surface area contributed by atoms with Crippen LogP contribution in [-0.2, 0) is 6.54 Å². The van der Waals surface area contributed by atoms with Gasteiger partial charge in [0.05, 0.1) is 0 Å². The van der Waals surface area contributed by atoms with Gasteiger partial charge in [0.1, 0.15) is 5.58 Å². The fraction of sp³-hybridized carbons (Fsp3) is 0.125. The van der Waals surface area contributed by atoms with Crippen LogP contribution < -0.4 is 5.32 Å². The molecule has 2 nitrogen and oxygen atoms in total. The van der Waals surface area contributed by atoms with Crippen LogP contribution in [0.2, 0.25) is 5.22 Å². The molecule has 0 spiro atoms. The van der Waals surface area contributed by atoms with Gasteiger partial charge in [-0.2, -0.15) is 0 Å². The fourth-order valence-electron chi connectivity index (χ4n) is 2.22. The number of benzene rings is 2. The second-order valence-corrected chi connectivity index (χ2v) is 5.81. The van der Waals surface area contributed by atoms with Crippen LogP contribution in [0.5, 0.6) is 0 Å². The van der Waals surface area contributed by atoms with E-state index >= 15 is 0 Å². The van der Waals surface area contributed by atoms with E-state index < -0.39 is 0 Å². The van der Waals surface area contributed by atoms with Crippen LogP contribution in [-0.4, -0.2) is 0 Å². The van der Waals surface area contributed by atoms with Gasteiger partial charge >= 0.3 is 0 Å². The first-order valence-electron chi connectivity index (χ1n) is 6.31. The number of halogens is 2. The number of para-hydroxylation sites is 1. The monoisotopic (exact) mass is 349 g/mol. The number of hydrogen-bond acceptors (Lipinski definition) is 2. The number of anilines is 1. The molecule has 0 unspecified atom stereocenters. The highest BCUT2D eigenvalue weighted by Gasteiger charge is 2.12. The first kappa shape index (κ1) is 13.5. The molecule has 3 aromatic rings. The van der Waals surface area contributed by atoms with E-state index in [0.29, 0.717) is 11.8 Å². The SMILES string of the molecule is Cc1c(Br)cccc1NCc1c(Cl)oc2ccccc12. The molecule has 0 fully saturated rings. The molecular formula is C16H13BrClNO. The highest BCUT2D eigenvalue weighted by molar-refractivity contribution is 9.10. The summed E-state index contributed by atoms with van der Waals surface area (Å²) in [5, 5.41) is 4.92. The molecule has 0 amide bonds. The Kier molecular flexibility index (Phi) is 3.72. The zero-order chi connectivity index (χ0) is 14.1. The first-order chi connectivity index (χ1) is 9.66. The molecule has 4 heteroatoms. The standard InChI is InChI=1S/C16H13BrClNO/c1-10-13(17)6-4-7-14(10)19-9-12-11-5-2-3-8-15(11)20-16(12)18/h2-8,19H,9H2,1H3. The van der Waals surface area contributed by atoms with Crippen LogP contribution in [0.3, 0.4) is 0 Å². The van der Waals surface area contributed by atoms with E-state index in [1.54, 1.807) is 0 Å². The molecule has 2 aromatic carbocycles. The zero-order valence-corrected chi connectivity index (χ0v) is 13.3. The maximum absolute atomic E-state index is 6.19. The lowest BCUT2D eigenvalue weighted by molar-refractivity contribution is 0.613. The number of rotatable bonds is 3. The van der Waals surface area contributed by atoms with E-state index in [2.05, 4.69) is 34.2 Å². The quantitative estimate of drug-likeness (QED) is 0.648. The van der Waals surface area contributed by atoms with Gasteiger partial charge in [0.25, 0.3) is 0 Å². The summed E-state index contributed by atoms with van der Waals surface area (Å²) in [5.74, 6) is 0. The third kappa shape index (κ3) is 2.43. The van der Waals surface area contributed by atoms with Crippen LogP contribution in [0, 0.1) is 6.92 Å². The normalized spacial score (nSPS) is 10.9. The van der Waals surface area contributed by atoms with Crippen molar-refractivity contribution in [2.75, 3.05) is 5.32 Å². The number of hydrogen-bond donors (Lipinski definition) is 1. The predicted molar refractivity (Wildman–Crippen MR) is 87.4 cm³/mol. The average Bonchev–Trinajstić information content (AvgIpc) is 2.76. The molecule has 3 rings (SSSR count). The molecule has 0 aliphatic carbocycles. The largest absolute Gasteiger partial charge is 0.444 e. The first-order valence-corrected chi connectivity index (χ1v) is 7.49. The minimum atomic E-state index is 0.450. The van der Waals surface area contributed by atoms with E-state index in [9.17, 15) is 0 Å². The Morgan fingerprint density at radius 1 is 1.15 bits per heavy atom. The number of fused-ring (bicyclic) bond motifs is 1. The minimum absolute atomic E-state index is 0.450. The van der Waals surface area contributed by atoms with E-state index in [-0.39, 0.29) is 0 Å². The molecule has 1 N–H and O–H groups in total. The molecule has 0 saturated heterocycles. The molecular weight excluding hydrogens is 338 g/mol. The Morgan fingerprint density at radius 2 is 1.95 bits per heavy atom. The summed E-state index contributed by atoms with van der Waals surface area (Å²) in [4.78, 5) is 0. The van der Waals surface area contributed by atoms with Crippen molar-refractivity contribution < 1.29 is 4.42 Å². The van der Waals surface area contributed by atoms with Gasteiger partial charge < -0.3 is 9.73 Å². The maximum Gasteiger partial charge on any atom is 0.199 e. The molecule has 0 radical (unpaired) electrons. The smallest absolute Gasteiger partial charge is 0.199 e. The summed E-state index contributed by atoms with van der Waals surface area (Å²) >= 11 is 9.72. The second kappa shape index (κ2) is 5.51. The lowest BCUT2D eigenvalue weighted by Crippen LogP contribution is -2.01. The summed E-state index contributed by atoms with van der Waals surface area (Å²) in [7, 11) is 0. The van der Waals surface area contributed by atoms with Gasteiger partial charge in [-0.05, 0) is 42.3 Å². The lowest BCUT2D eigenvalue weighted by Gasteiger charge is -2.10. The molecule has 0 aliphatic rings. The van der Waals surface area contributed by atoms with Gasteiger partial charge in [-0.3, -0.25) is 0 Å². The molecule has 102 valence electrons. The van der Waals surface area contributed by atoms with Crippen molar-refractivity contribution in [1.29, 1.82) is 0 Å². The van der Waals surface area contributed by atoms with Crippen LogP contribution in [0.15, 0.2) is 51.4 Å².